The maximum atomic E-state index is 14.0. The van der Waals surface area contributed by atoms with E-state index in [1.54, 1.807) is 7.05 Å². The van der Waals surface area contributed by atoms with Gasteiger partial charge in [0.25, 0.3) is 5.91 Å². The van der Waals surface area contributed by atoms with Crippen molar-refractivity contribution in [1.29, 1.82) is 0 Å². The van der Waals surface area contributed by atoms with E-state index < -0.39 is 47.0 Å². The van der Waals surface area contributed by atoms with Crippen LogP contribution in [0.4, 0.5) is 26.3 Å². The second kappa shape index (κ2) is 8.93. The topological polar surface area (TPSA) is 64.2 Å². The van der Waals surface area contributed by atoms with E-state index in [0.29, 0.717) is 36.2 Å². The third-order valence-corrected chi connectivity index (χ3v) is 6.72. The highest BCUT2D eigenvalue weighted by Crippen LogP contribution is 2.40. The molecular weight excluding hydrogens is 500 g/mol. The van der Waals surface area contributed by atoms with Crippen LogP contribution in [0.25, 0.3) is 16.9 Å². The largest absolute Gasteiger partial charge is 0.435 e. The van der Waals surface area contributed by atoms with Crippen molar-refractivity contribution in [1.82, 2.24) is 24.5 Å². The number of amides is 1. The zero-order valence-electron chi connectivity index (χ0n) is 19.7. The number of carbonyl (C=O) groups excluding carboxylic acids is 1. The van der Waals surface area contributed by atoms with Gasteiger partial charge in [0.2, 0.25) is 0 Å². The summed E-state index contributed by atoms with van der Waals surface area (Å²) in [5, 5.41) is 7.13. The maximum Gasteiger partial charge on any atom is 0.435 e. The average molecular weight is 521 g/mol. The van der Waals surface area contributed by atoms with Crippen LogP contribution in [0.3, 0.4) is 0 Å². The van der Waals surface area contributed by atoms with Gasteiger partial charge < -0.3 is 5.32 Å². The summed E-state index contributed by atoms with van der Waals surface area (Å²) in [5.74, 6) is -5.29. The zero-order chi connectivity index (χ0) is 26.6. The van der Waals surface area contributed by atoms with Gasteiger partial charge in [-0.2, -0.15) is 18.3 Å². The summed E-state index contributed by atoms with van der Waals surface area (Å²) in [7, 11) is 1.54. The molecule has 1 aliphatic carbocycles. The summed E-state index contributed by atoms with van der Waals surface area (Å²) < 4.78 is 85.3. The second-order valence-electron chi connectivity index (χ2n) is 9.07. The molecule has 1 amide bonds. The molecule has 6 nitrogen and oxygen atoms in total. The minimum atomic E-state index is -4.86. The summed E-state index contributed by atoms with van der Waals surface area (Å²) in [6.45, 7) is 1.92. The number of alkyl halides is 3. The third-order valence-electron chi connectivity index (χ3n) is 6.72. The fourth-order valence-electron chi connectivity index (χ4n) is 5.02. The lowest BCUT2D eigenvalue weighted by atomic mass is 9.81. The van der Waals surface area contributed by atoms with Crippen LogP contribution < -0.4 is 5.32 Å². The van der Waals surface area contributed by atoms with Crippen LogP contribution >= 0.6 is 0 Å². The van der Waals surface area contributed by atoms with Crippen LogP contribution in [0.2, 0.25) is 0 Å². The van der Waals surface area contributed by atoms with Gasteiger partial charge in [0.15, 0.2) is 23.1 Å². The SMILES string of the molecule is CCC1Cc2c(nn(C)c2-c2cc(F)c(F)c(F)c2)C(NC(=O)c2c(C(F)(F)F)nc3ccccn23)C1. The molecule has 0 radical (unpaired) electrons. The molecule has 1 aliphatic rings. The normalized spacial score (nSPS) is 17.7. The van der Waals surface area contributed by atoms with Gasteiger partial charge >= 0.3 is 6.18 Å². The van der Waals surface area contributed by atoms with E-state index >= 15 is 0 Å². The first kappa shape index (κ1) is 24.8. The van der Waals surface area contributed by atoms with Gasteiger partial charge in [0.1, 0.15) is 11.3 Å². The van der Waals surface area contributed by atoms with Gasteiger partial charge in [-0.25, -0.2) is 18.2 Å². The molecule has 3 heterocycles. The number of nitrogens with one attached hydrogen (secondary N) is 1. The van der Waals surface area contributed by atoms with Gasteiger partial charge in [-0.05, 0) is 43.0 Å². The second-order valence-corrected chi connectivity index (χ2v) is 9.07. The van der Waals surface area contributed by atoms with Crippen LogP contribution in [-0.2, 0) is 19.6 Å². The Kier molecular flexibility index (Phi) is 5.99. The summed E-state index contributed by atoms with van der Waals surface area (Å²) >= 11 is 0. The Morgan fingerprint density at radius 2 is 1.86 bits per heavy atom. The quantitative estimate of drug-likeness (QED) is 0.280. The molecule has 12 heteroatoms. The Morgan fingerprint density at radius 1 is 1.16 bits per heavy atom. The molecule has 2 unspecified atom stereocenters. The molecule has 0 fully saturated rings. The van der Waals surface area contributed by atoms with E-state index in [0.717, 1.165) is 16.5 Å². The number of carbonyl (C=O) groups is 1. The van der Waals surface area contributed by atoms with E-state index in [1.165, 1.54) is 29.1 Å². The van der Waals surface area contributed by atoms with Gasteiger partial charge in [-0.15, -0.1) is 0 Å². The van der Waals surface area contributed by atoms with Crippen molar-refractivity contribution in [2.75, 3.05) is 0 Å². The monoisotopic (exact) mass is 521 g/mol. The molecule has 0 bridgehead atoms. The first-order chi connectivity index (χ1) is 17.5. The van der Waals surface area contributed by atoms with Gasteiger partial charge in [0.05, 0.1) is 17.4 Å². The Morgan fingerprint density at radius 3 is 2.51 bits per heavy atom. The molecule has 4 aromatic rings. The number of hydrogen-bond acceptors (Lipinski definition) is 3. The van der Waals surface area contributed by atoms with Crippen LogP contribution in [0.1, 0.15) is 53.2 Å². The predicted octanol–water partition coefficient (Wildman–Crippen LogP) is 5.61. The number of fused-ring (bicyclic) bond motifs is 2. The predicted molar refractivity (Wildman–Crippen MR) is 121 cm³/mol. The molecule has 194 valence electrons. The third kappa shape index (κ3) is 4.23. The fourth-order valence-corrected chi connectivity index (χ4v) is 5.02. The molecule has 2 atom stereocenters. The fraction of sp³-hybridized carbons (Fsp3) is 0.320. The number of nitrogens with zero attached hydrogens (tertiary/aromatic N) is 4. The van der Waals surface area contributed by atoms with Crippen molar-refractivity contribution < 1.29 is 31.1 Å². The Balaban J connectivity index is 1.58. The van der Waals surface area contributed by atoms with Gasteiger partial charge in [-0.1, -0.05) is 19.4 Å². The minimum Gasteiger partial charge on any atom is -0.342 e. The molecule has 37 heavy (non-hydrogen) atoms. The Bertz CT molecular complexity index is 1500. The Hall–Kier alpha value is -3.83. The van der Waals surface area contributed by atoms with Gasteiger partial charge in [-0.3, -0.25) is 13.9 Å². The lowest BCUT2D eigenvalue weighted by Crippen LogP contribution is -2.35. The van der Waals surface area contributed by atoms with E-state index in [2.05, 4.69) is 15.4 Å². The van der Waals surface area contributed by atoms with Crippen LogP contribution in [0.5, 0.6) is 0 Å². The summed E-state index contributed by atoms with van der Waals surface area (Å²) in [4.78, 5) is 16.9. The van der Waals surface area contributed by atoms with Crippen LogP contribution in [-0.4, -0.2) is 25.1 Å². The molecule has 5 rings (SSSR count). The molecule has 0 saturated carbocycles. The molecule has 1 N–H and O–H groups in total. The number of benzene rings is 1. The Labute approximate surface area is 206 Å². The zero-order valence-corrected chi connectivity index (χ0v) is 19.7. The van der Waals surface area contributed by atoms with Crippen molar-refractivity contribution in [3.05, 3.63) is 76.6 Å². The first-order valence-electron chi connectivity index (χ1n) is 11.5. The maximum absolute atomic E-state index is 14.0. The van der Waals surface area contributed by atoms with Gasteiger partial charge in [0, 0.05) is 24.4 Å². The highest BCUT2D eigenvalue weighted by atomic mass is 19.4. The number of imidazole rings is 1. The standard InChI is InChI=1S/C25H21F6N5O/c1-3-12-8-14-20(34-35(2)21(14)13-10-15(26)19(28)16(27)11-13)17(9-12)32-24(37)22-23(25(29,30)31)33-18-6-4-5-7-36(18)22/h4-7,10-12,17H,3,8-9H2,1-2H3,(H,32,37). The van der Waals surface area contributed by atoms with E-state index in [-0.39, 0.29) is 17.1 Å². The summed E-state index contributed by atoms with van der Waals surface area (Å²) in [6.07, 6.45) is -2.00. The highest BCUT2D eigenvalue weighted by molar-refractivity contribution is 5.95. The van der Waals surface area contributed by atoms with Crippen LogP contribution in [0, 0.1) is 23.4 Å². The smallest absolute Gasteiger partial charge is 0.342 e. The molecule has 3 aromatic heterocycles. The number of rotatable bonds is 4. The van der Waals surface area contributed by atoms with Crippen molar-refractivity contribution >= 4 is 11.6 Å². The van der Waals surface area contributed by atoms with E-state index in [9.17, 15) is 31.1 Å². The van der Waals surface area contributed by atoms with Crippen molar-refractivity contribution in [3.63, 3.8) is 0 Å². The molecule has 0 spiro atoms. The first-order valence-corrected chi connectivity index (χ1v) is 11.5. The lowest BCUT2D eigenvalue weighted by molar-refractivity contribution is -0.141. The average Bonchev–Trinajstić information content (AvgIpc) is 3.40. The highest BCUT2D eigenvalue weighted by Gasteiger charge is 2.41. The number of aromatic nitrogens is 4. The number of hydrogen-bond donors (Lipinski definition) is 1. The number of aryl methyl sites for hydroxylation is 1. The molecule has 1 aromatic carbocycles. The lowest BCUT2D eigenvalue weighted by Gasteiger charge is -2.29. The molecule has 0 saturated heterocycles. The van der Waals surface area contributed by atoms with Crippen molar-refractivity contribution in [2.24, 2.45) is 13.0 Å². The minimum absolute atomic E-state index is 0.000151. The van der Waals surface area contributed by atoms with Crippen molar-refractivity contribution in [3.8, 4) is 11.3 Å². The van der Waals surface area contributed by atoms with Crippen molar-refractivity contribution in [2.45, 2.75) is 38.4 Å². The summed E-state index contributed by atoms with van der Waals surface area (Å²) in [6, 6.07) is 5.33. The van der Waals surface area contributed by atoms with E-state index in [4.69, 9.17) is 0 Å². The van der Waals surface area contributed by atoms with E-state index in [1.807, 2.05) is 6.92 Å². The number of pyridine rings is 1. The molecular formula is C25H21F6N5O. The number of halogens is 6. The molecule has 0 aliphatic heterocycles. The summed E-state index contributed by atoms with van der Waals surface area (Å²) in [5.41, 5.74) is -0.614. The van der Waals surface area contributed by atoms with Crippen LogP contribution in [0.15, 0.2) is 36.5 Å².